The summed E-state index contributed by atoms with van der Waals surface area (Å²) in [6, 6.07) is 5.79. The summed E-state index contributed by atoms with van der Waals surface area (Å²) in [5, 5.41) is 1.71. The number of ether oxygens (including phenoxy) is 1. The van der Waals surface area contributed by atoms with Gasteiger partial charge in [-0.3, -0.25) is 4.79 Å². The molecule has 1 aliphatic heterocycles. The summed E-state index contributed by atoms with van der Waals surface area (Å²) in [7, 11) is 0. The second-order valence-electron chi connectivity index (χ2n) is 5.52. The first kappa shape index (κ1) is 15.1. The fourth-order valence-electron chi connectivity index (χ4n) is 2.98. The smallest absolute Gasteiger partial charge is 0.325 e. The van der Waals surface area contributed by atoms with Crippen molar-refractivity contribution in [3.8, 4) is 0 Å². The summed E-state index contributed by atoms with van der Waals surface area (Å²) in [5.41, 5.74) is 2.03. The van der Waals surface area contributed by atoms with E-state index in [-0.39, 0.29) is 12.5 Å². The van der Waals surface area contributed by atoms with Crippen LogP contribution in [0.5, 0.6) is 0 Å². The zero-order valence-corrected chi connectivity index (χ0v) is 13.5. The van der Waals surface area contributed by atoms with Gasteiger partial charge in [0.05, 0.1) is 22.7 Å². The molecule has 1 saturated heterocycles. The highest BCUT2D eigenvalue weighted by atomic mass is 35.5. The maximum Gasteiger partial charge on any atom is 0.325 e. The van der Waals surface area contributed by atoms with Gasteiger partial charge in [-0.15, -0.1) is 0 Å². The van der Waals surface area contributed by atoms with E-state index >= 15 is 0 Å². The predicted molar refractivity (Wildman–Crippen MR) is 88.0 cm³/mol. The first-order valence-electron chi connectivity index (χ1n) is 7.71. The van der Waals surface area contributed by atoms with Crippen molar-refractivity contribution < 1.29 is 14.1 Å². The molecule has 2 heterocycles. The molecule has 1 fully saturated rings. The highest BCUT2D eigenvalue weighted by Crippen LogP contribution is 2.28. The topological polar surface area (TPSA) is 34.2 Å². The molecular formula is C17H20ClN2O2+. The van der Waals surface area contributed by atoms with E-state index < -0.39 is 0 Å². The van der Waals surface area contributed by atoms with Crippen molar-refractivity contribution >= 4 is 34.7 Å². The summed E-state index contributed by atoms with van der Waals surface area (Å²) in [5.74, 6) is -0.230. The Labute approximate surface area is 134 Å². The van der Waals surface area contributed by atoms with Crippen LogP contribution in [-0.2, 0) is 16.1 Å². The predicted octanol–water partition coefficient (Wildman–Crippen LogP) is 3.08. The van der Waals surface area contributed by atoms with Gasteiger partial charge >= 0.3 is 5.97 Å². The largest absolute Gasteiger partial charge is 0.465 e. The number of esters is 1. The van der Waals surface area contributed by atoms with Gasteiger partial charge < -0.3 is 9.30 Å². The number of fused-ring (bicyclic) bond motifs is 1. The molecule has 4 nitrogen and oxygen atoms in total. The van der Waals surface area contributed by atoms with Crippen molar-refractivity contribution in [1.82, 2.24) is 4.57 Å². The van der Waals surface area contributed by atoms with Crippen LogP contribution in [0.2, 0.25) is 5.02 Å². The number of nitrogens with zero attached hydrogens (tertiary/aromatic N) is 2. The van der Waals surface area contributed by atoms with Crippen LogP contribution >= 0.6 is 11.6 Å². The Balaban J connectivity index is 2.04. The Morgan fingerprint density at radius 2 is 2.18 bits per heavy atom. The van der Waals surface area contributed by atoms with Gasteiger partial charge in [0.25, 0.3) is 0 Å². The molecule has 116 valence electrons. The number of carbonyl (C=O) groups is 1. The summed E-state index contributed by atoms with van der Waals surface area (Å²) in [6.45, 7) is 4.57. The van der Waals surface area contributed by atoms with Crippen LogP contribution in [0.3, 0.4) is 0 Å². The van der Waals surface area contributed by atoms with Crippen LogP contribution in [0.4, 0.5) is 0 Å². The van der Waals surface area contributed by atoms with Gasteiger partial charge in [0.1, 0.15) is 19.6 Å². The van der Waals surface area contributed by atoms with Crippen LogP contribution in [0.1, 0.15) is 25.3 Å². The van der Waals surface area contributed by atoms with Crippen molar-refractivity contribution in [2.24, 2.45) is 0 Å². The van der Waals surface area contributed by atoms with Crippen LogP contribution in [0, 0.1) is 0 Å². The fourth-order valence-corrected chi connectivity index (χ4v) is 3.26. The van der Waals surface area contributed by atoms with E-state index in [1.165, 1.54) is 12.8 Å². The molecule has 0 bridgehead atoms. The van der Waals surface area contributed by atoms with Crippen LogP contribution < -0.4 is 0 Å². The van der Waals surface area contributed by atoms with Crippen molar-refractivity contribution in [2.45, 2.75) is 26.3 Å². The lowest BCUT2D eigenvalue weighted by Crippen LogP contribution is -2.12. The van der Waals surface area contributed by atoms with E-state index in [0.717, 1.165) is 29.6 Å². The zero-order valence-electron chi connectivity index (χ0n) is 12.7. The number of aromatic nitrogens is 1. The standard InChI is InChI=1S/C17H20ClN2O2/c1-2-22-16(21)12-20-11-13(10-19-8-3-4-9-19)17-14(18)6-5-7-15(17)20/h5-7,10-11H,2-4,8-9,12H2,1H3/q+1. The second-order valence-corrected chi connectivity index (χ2v) is 5.93. The highest BCUT2D eigenvalue weighted by molar-refractivity contribution is 6.36. The molecule has 3 rings (SSSR count). The van der Waals surface area contributed by atoms with Gasteiger partial charge in [-0.2, -0.15) is 0 Å². The van der Waals surface area contributed by atoms with E-state index in [2.05, 4.69) is 10.8 Å². The average molecular weight is 320 g/mol. The molecule has 0 radical (unpaired) electrons. The van der Waals surface area contributed by atoms with Gasteiger partial charge in [-0.25, -0.2) is 4.58 Å². The molecule has 1 aromatic carbocycles. The van der Waals surface area contributed by atoms with E-state index in [1.807, 2.05) is 35.9 Å². The maximum absolute atomic E-state index is 11.8. The summed E-state index contributed by atoms with van der Waals surface area (Å²) < 4.78 is 9.28. The quantitative estimate of drug-likeness (QED) is 0.641. The molecule has 0 unspecified atom stereocenters. The van der Waals surface area contributed by atoms with E-state index in [9.17, 15) is 4.79 Å². The molecule has 0 aliphatic carbocycles. The molecule has 1 aliphatic rings. The molecular weight excluding hydrogens is 300 g/mol. The van der Waals surface area contributed by atoms with Crippen LogP contribution in [-0.4, -0.2) is 41.0 Å². The Bertz CT molecular complexity index is 726. The van der Waals surface area contributed by atoms with E-state index in [4.69, 9.17) is 16.3 Å². The minimum Gasteiger partial charge on any atom is -0.465 e. The highest BCUT2D eigenvalue weighted by Gasteiger charge is 2.18. The number of carbonyl (C=O) groups excluding carboxylic acids is 1. The van der Waals surface area contributed by atoms with Gasteiger partial charge in [-0.05, 0) is 19.1 Å². The average Bonchev–Trinajstić information content (AvgIpc) is 3.09. The summed E-state index contributed by atoms with van der Waals surface area (Å²) in [6.07, 6.45) is 6.60. The third-order valence-corrected chi connectivity index (χ3v) is 4.27. The molecule has 0 saturated carbocycles. The Hall–Kier alpha value is -1.81. The number of hydrogen-bond acceptors (Lipinski definition) is 2. The minimum atomic E-state index is -0.230. The third kappa shape index (κ3) is 3.02. The van der Waals surface area contributed by atoms with Crippen molar-refractivity contribution in [2.75, 3.05) is 19.7 Å². The van der Waals surface area contributed by atoms with Gasteiger partial charge in [0, 0.05) is 24.4 Å². The first-order valence-corrected chi connectivity index (χ1v) is 8.08. The van der Waals surface area contributed by atoms with E-state index in [0.29, 0.717) is 11.6 Å². The summed E-state index contributed by atoms with van der Waals surface area (Å²) in [4.78, 5) is 11.8. The molecule has 2 aromatic rings. The number of rotatable bonds is 4. The van der Waals surface area contributed by atoms with Crippen molar-refractivity contribution in [3.05, 3.63) is 35.0 Å². The number of halogens is 1. The minimum absolute atomic E-state index is 0.207. The number of hydrogen-bond donors (Lipinski definition) is 0. The number of benzene rings is 1. The van der Waals surface area contributed by atoms with Gasteiger partial charge in [-0.1, -0.05) is 17.7 Å². The lowest BCUT2D eigenvalue weighted by Gasteiger charge is -2.04. The van der Waals surface area contributed by atoms with Crippen molar-refractivity contribution in [1.29, 1.82) is 0 Å². The van der Waals surface area contributed by atoms with Crippen molar-refractivity contribution in [3.63, 3.8) is 0 Å². The van der Waals surface area contributed by atoms with Crippen LogP contribution in [0.15, 0.2) is 24.4 Å². The zero-order chi connectivity index (χ0) is 15.5. The lowest BCUT2D eigenvalue weighted by atomic mass is 10.2. The normalized spacial score (nSPS) is 14.5. The first-order chi connectivity index (χ1) is 10.7. The SMILES string of the molecule is CCOC(=O)Cn1cc(C=[N+]2CCCC2)c2c(Cl)cccc21. The molecule has 0 atom stereocenters. The molecule has 0 amide bonds. The Morgan fingerprint density at radius 3 is 2.91 bits per heavy atom. The fraction of sp³-hybridized carbons (Fsp3) is 0.412. The molecule has 0 N–H and O–H groups in total. The molecule has 5 heteroatoms. The third-order valence-electron chi connectivity index (χ3n) is 3.95. The Morgan fingerprint density at radius 1 is 1.41 bits per heavy atom. The van der Waals surface area contributed by atoms with Gasteiger partial charge in [0.2, 0.25) is 0 Å². The monoisotopic (exact) mass is 319 g/mol. The molecule has 22 heavy (non-hydrogen) atoms. The van der Waals surface area contributed by atoms with E-state index in [1.54, 1.807) is 0 Å². The maximum atomic E-state index is 11.8. The van der Waals surface area contributed by atoms with Gasteiger partial charge in [0.15, 0.2) is 6.21 Å². The molecule has 0 spiro atoms. The molecule has 1 aromatic heterocycles. The Kier molecular flexibility index (Phi) is 4.48. The summed E-state index contributed by atoms with van der Waals surface area (Å²) >= 11 is 6.39. The lowest BCUT2D eigenvalue weighted by molar-refractivity contribution is -0.500. The second kappa shape index (κ2) is 6.53. The van der Waals surface area contributed by atoms with Crippen LogP contribution in [0.25, 0.3) is 10.9 Å².